The van der Waals surface area contributed by atoms with Gasteiger partial charge in [-0.1, -0.05) is 5.11 Å². The van der Waals surface area contributed by atoms with Crippen LogP contribution in [0.1, 0.15) is 6.42 Å². The topological polar surface area (TPSA) is 150 Å². The molecule has 5 atom stereocenters. The van der Waals surface area contributed by atoms with E-state index in [9.17, 15) is 20.4 Å². The zero-order chi connectivity index (χ0) is 11.6. The third-order valence-corrected chi connectivity index (χ3v) is 2.64. The summed E-state index contributed by atoms with van der Waals surface area (Å²) in [5.41, 5.74) is 6.23. The van der Waals surface area contributed by atoms with Crippen LogP contribution in [0.3, 0.4) is 0 Å². The van der Waals surface area contributed by atoms with Crippen LogP contribution < -0.4 is 0 Å². The van der Waals surface area contributed by atoms with E-state index in [2.05, 4.69) is 10.0 Å². The van der Waals surface area contributed by atoms with Crippen molar-refractivity contribution in [3.63, 3.8) is 0 Å². The number of aliphatic hydroxyl groups is 5. The van der Waals surface area contributed by atoms with Crippen molar-refractivity contribution < 1.29 is 25.5 Å². The first-order valence-electron chi connectivity index (χ1n) is 4.38. The number of nitrogens with zero attached hydrogens (tertiary/aromatic N) is 3. The summed E-state index contributed by atoms with van der Waals surface area (Å²) in [7, 11) is 0. The van der Waals surface area contributed by atoms with E-state index in [1.54, 1.807) is 0 Å². The number of azide groups is 1. The monoisotopic (exact) mass is 219 g/mol. The normalized spacial score (nSPS) is 45.9. The smallest absolute Gasteiger partial charge is 0.116 e. The molecule has 1 aliphatic rings. The highest BCUT2D eigenvalue weighted by Gasteiger charge is 2.50. The van der Waals surface area contributed by atoms with Gasteiger partial charge in [0.1, 0.15) is 5.60 Å². The van der Waals surface area contributed by atoms with E-state index < -0.39 is 36.6 Å². The fraction of sp³-hybridized carbons (Fsp3) is 1.00. The average molecular weight is 219 g/mol. The lowest BCUT2D eigenvalue weighted by molar-refractivity contribution is -0.188. The largest absolute Gasteiger partial charge is 0.393 e. The van der Waals surface area contributed by atoms with E-state index in [1.165, 1.54) is 0 Å². The molecular formula is C7H13N3O5. The molecule has 1 rings (SSSR count). The molecule has 8 nitrogen and oxygen atoms in total. The van der Waals surface area contributed by atoms with Crippen LogP contribution >= 0.6 is 0 Å². The Bertz CT molecular complexity index is 282. The van der Waals surface area contributed by atoms with Crippen molar-refractivity contribution in [2.45, 2.75) is 36.4 Å². The van der Waals surface area contributed by atoms with Gasteiger partial charge in [0.15, 0.2) is 0 Å². The lowest BCUT2D eigenvalue weighted by Crippen LogP contribution is -2.63. The van der Waals surface area contributed by atoms with Crippen molar-refractivity contribution >= 4 is 0 Å². The van der Waals surface area contributed by atoms with Crippen molar-refractivity contribution in [3.8, 4) is 0 Å². The minimum atomic E-state index is -1.96. The molecule has 0 heterocycles. The second-order valence-corrected chi connectivity index (χ2v) is 3.66. The SMILES string of the molecule is [N-]=[N+]=N[C@@H]1[C@@H](O)[C@H](O)C[C@](O)(CO)[C@H]1O. The molecule has 1 aliphatic carbocycles. The molecule has 1 saturated carbocycles. The fourth-order valence-electron chi connectivity index (χ4n) is 1.69. The van der Waals surface area contributed by atoms with Crippen molar-refractivity contribution in [1.82, 2.24) is 0 Å². The molecule has 0 aromatic rings. The molecule has 15 heavy (non-hydrogen) atoms. The maximum atomic E-state index is 9.68. The lowest BCUT2D eigenvalue weighted by Gasteiger charge is -2.43. The molecule has 86 valence electrons. The van der Waals surface area contributed by atoms with Gasteiger partial charge in [0.05, 0.1) is 31.0 Å². The maximum Gasteiger partial charge on any atom is 0.116 e. The molecule has 0 aliphatic heterocycles. The van der Waals surface area contributed by atoms with Crippen LogP contribution in [0.4, 0.5) is 0 Å². The van der Waals surface area contributed by atoms with Crippen LogP contribution in [0.25, 0.3) is 10.4 Å². The molecular weight excluding hydrogens is 206 g/mol. The molecule has 1 fully saturated rings. The van der Waals surface area contributed by atoms with Crippen LogP contribution in [-0.2, 0) is 0 Å². The van der Waals surface area contributed by atoms with Gasteiger partial charge >= 0.3 is 0 Å². The maximum absolute atomic E-state index is 9.68. The van der Waals surface area contributed by atoms with E-state index in [1.807, 2.05) is 0 Å². The standard InChI is InChI=1S/C7H13N3O5/c8-10-9-4-5(13)3(12)1-7(15,2-11)6(4)14/h3-6,11-15H,1-2H2/t3-,4-,5+,6+,7+/m1/s1. The van der Waals surface area contributed by atoms with Crippen molar-refractivity contribution in [2.24, 2.45) is 5.11 Å². The summed E-state index contributed by atoms with van der Waals surface area (Å²) in [5.74, 6) is 0. The average Bonchev–Trinajstić information content (AvgIpc) is 2.22. The summed E-state index contributed by atoms with van der Waals surface area (Å²) in [6, 6.07) is -1.38. The minimum Gasteiger partial charge on any atom is -0.393 e. The highest BCUT2D eigenvalue weighted by Crippen LogP contribution is 2.31. The zero-order valence-electron chi connectivity index (χ0n) is 7.80. The second-order valence-electron chi connectivity index (χ2n) is 3.66. The van der Waals surface area contributed by atoms with Gasteiger partial charge in [-0.05, 0) is 5.53 Å². The molecule has 0 saturated heterocycles. The van der Waals surface area contributed by atoms with Crippen molar-refractivity contribution in [1.29, 1.82) is 0 Å². The minimum absolute atomic E-state index is 0.386. The Morgan fingerprint density at radius 2 is 2.00 bits per heavy atom. The van der Waals surface area contributed by atoms with E-state index in [4.69, 9.17) is 10.6 Å². The van der Waals surface area contributed by atoms with Gasteiger partial charge in [0.2, 0.25) is 0 Å². The molecule has 0 bridgehead atoms. The quantitative estimate of drug-likeness (QED) is 0.204. The highest BCUT2D eigenvalue weighted by atomic mass is 16.4. The third-order valence-electron chi connectivity index (χ3n) is 2.64. The van der Waals surface area contributed by atoms with Gasteiger partial charge in [-0.3, -0.25) is 0 Å². The molecule has 0 amide bonds. The molecule has 5 N–H and O–H groups in total. The van der Waals surface area contributed by atoms with Gasteiger partial charge in [0.25, 0.3) is 0 Å². The first-order valence-corrected chi connectivity index (χ1v) is 4.38. The predicted molar refractivity (Wildman–Crippen MR) is 47.6 cm³/mol. The lowest BCUT2D eigenvalue weighted by atomic mass is 9.76. The zero-order valence-corrected chi connectivity index (χ0v) is 7.80. The molecule has 0 unspecified atom stereocenters. The summed E-state index contributed by atoms with van der Waals surface area (Å²) in [6.45, 7) is -0.796. The first kappa shape index (κ1) is 12.2. The van der Waals surface area contributed by atoms with Crippen molar-refractivity contribution in [2.75, 3.05) is 6.61 Å². The Kier molecular flexibility index (Phi) is 3.50. The van der Waals surface area contributed by atoms with Gasteiger partial charge in [-0.2, -0.15) is 0 Å². The van der Waals surface area contributed by atoms with Gasteiger partial charge in [-0.25, -0.2) is 0 Å². The van der Waals surface area contributed by atoms with Crippen LogP contribution in [0.5, 0.6) is 0 Å². The highest BCUT2D eigenvalue weighted by molar-refractivity contribution is 5.05. The molecule has 0 radical (unpaired) electrons. The van der Waals surface area contributed by atoms with E-state index in [0.717, 1.165) is 0 Å². The summed E-state index contributed by atoms with van der Waals surface area (Å²) in [6.07, 6.45) is -4.82. The number of aliphatic hydroxyl groups excluding tert-OH is 4. The summed E-state index contributed by atoms with van der Waals surface area (Å²) in [4.78, 5) is 2.40. The molecule has 0 aromatic carbocycles. The number of hydrogen-bond acceptors (Lipinski definition) is 6. The molecule has 0 spiro atoms. The van der Waals surface area contributed by atoms with Gasteiger partial charge in [-0.15, -0.1) is 0 Å². The number of hydrogen-bond donors (Lipinski definition) is 5. The first-order chi connectivity index (χ1) is 6.96. The van der Waals surface area contributed by atoms with E-state index in [0.29, 0.717) is 0 Å². The molecule has 0 aromatic heterocycles. The Labute approximate surface area is 85.0 Å². The predicted octanol–water partition coefficient (Wildman–Crippen LogP) is -2.12. The van der Waals surface area contributed by atoms with Gasteiger partial charge in [0, 0.05) is 11.3 Å². The van der Waals surface area contributed by atoms with Crippen LogP contribution in [0.15, 0.2) is 5.11 Å². The van der Waals surface area contributed by atoms with E-state index in [-0.39, 0.29) is 6.42 Å². The van der Waals surface area contributed by atoms with Crippen molar-refractivity contribution in [3.05, 3.63) is 10.4 Å². The Balaban J connectivity index is 2.98. The second kappa shape index (κ2) is 4.31. The third kappa shape index (κ3) is 2.05. The van der Waals surface area contributed by atoms with E-state index >= 15 is 0 Å². The molecule has 8 heteroatoms. The summed E-state index contributed by atoms with van der Waals surface area (Å²) < 4.78 is 0. The Hall–Kier alpha value is -0.890. The van der Waals surface area contributed by atoms with Gasteiger partial charge < -0.3 is 25.5 Å². The Morgan fingerprint density at radius 3 is 2.47 bits per heavy atom. The summed E-state index contributed by atoms with van der Waals surface area (Å²) in [5, 5.41) is 49.9. The Morgan fingerprint density at radius 1 is 1.40 bits per heavy atom. The van der Waals surface area contributed by atoms with Crippen LogP contribution in [0.2, 0.25) is 0 Å². The van der Waals surface area contributed by atoms with Crippen LogP contribution in [-0.4, -0.2) is 62.1 Å². The summed E-state index contributed by atoms with van der Waals surface area (Å²) >= 11 is 0. The number of rotatable bonds is 2. The van der Waals surface area contributed by atoms with Crippen LogP contribution in [0, 0.1) is 0 Å². The fourth-order valence-corrected chi connectivity index (χ4v) is 1.69.